The topological polar surface area (TPSA) is 60.2 Å². The van der Waals surface area contributed by atoms with Crippen molar-refractivity contribution in [3.63, 3.8) is 0 Å². The SMILES string of the molecule is COCCc1nc([C@H](O)CCSC)n(-c2cccc(F)c2)n1. The lowest BCUT2D eigenvalue weighted by atomic mass is 10.2. The van der Waals surface area contributed by atoms with E-state index in [0.717, 1.165) is 5.75 Å². The van der Waals surface area contributed by atoms with Crippen LogP contribution in [0.5, 0.6) is 0 Å². The lowest BCUT2D eigenvalue weighted by molar-refractivity contribution is 0.162. The van der Waals surface area contributed by atoms with Gasteiger partial charge in [-0.05, 0) is 36.6 Å². The largest absolute Gasteiger partial charge is 0.385 e. The summed E-state index contributed by atoms with van der Waals surface area (Å²) in [4.78, 5) is 4.40. The van der Waals surface area contributed by atoms with Crippen LogP contribution in [0.25, 0.3) is 5.69 Å². The summed E-state index contributed by atoms with van der Waals surface area (Å²) in [6.45, 7) is 0.494. The van der Waals surface area contributed by atoms with Gasteiger partial charge in [0.1, 0.15) is 11.9 Å². The summed E-state index contributed by atoms with van der Waals surface area (Å²) in [7, 11) is 1.61. The first-order chi connectivity index (χ1) is 10.7. The van der Waals surface area contributed by atoms with Crippen LogP contribution in [0.2, 0.25) is 0 Å². The van der Waals surface area contributed by atoms with Crippen molar-refractivity contribution in [3.05, 3.63) is 41.7 Å². The third kappa shape index (κ3) is 4.28. The van der Waals surface area contributed by atoms with E-state index in [1.165, 1.54) is 16.8 Å². The van der Waals surface area contributed by atoms with Crippen molar-refractivity contribution in [2.24, 2.45) is 0 Å². The summed E-state index contributed by atoms with van der Waals surface area (Å²) in [6.07, 6.45) is 2.35. The third-order valence-corrected chi connectivity index (χ3v) is 3.80. The number of hydrogen-bond donors (Lipinski definition) is 1. The number of benzene rings is 1. The smallest absolute Gasteiger partial charge is 0.161 e. The van der Waals surface area contributed by atoms with Crippen LogP contribution in [-0.4, -0.2) is 45.6 Å². The van der Waals surface area contributed by atoms with E-state index in [1.54, 1.807) is 31.0 Å². The van der Waals surface area contributed by atoms with Gasteiger partial charge in [0, 0.05) is 13.5 Å². The molecule has 0 saturated heterocycles. The van der Waals surface area contributed by atoms with Gasteiger partial charge in [-0.2, -0.15) is 16.9 Å². The molecule has 22 heavy (non-hydrogen) atoms. The molecule has 120 valence electrons. The number of halogens is 1. The Morgan fingerprint density at radius 2 is 2.27 bits per heavy atom. The van der Waals surface area contributed by atoms with Gasteiger partial charge < -0.3 is 9.84 Å². The van der Waals surface area contributed by atoms with Crippen molar-refractivity contribution in [2.45, 2.75) is 18.9 Å². The van der Waals surface area contributed by atoms with Crippen LogP contribution in [0.3, 0.4) is 0 Å². The molecule has 0 amide bonds. The molecule has 0 aliphatic heterocycles. The highest BCUT2D eigenvalue weighted by Crippen LogP contribution is 2.21. The average Bonchev–Trinajstić information content (AvgIpc) is 2.95. The maximum Gasteiger partial charge on any atom is 0.161 e. The Bertz CT molecular complexity index is 606. The molecule has 1 atom stereocenters. The van der Waals surface area contributed by atoms with E-state index in [4.69, 9.17) is 4.74 Å². The molecule has 0 spiro atoms. The zero-order chi connectivity index (χ0) is 15.9. The number of rotatable bonds is 8. The van der Waals surface area contributed by atoms with Crippen LogP contribution < -0.4 is 0 Å². The monoisotopic (exact) mass is 325 g/mol. The summed E-state index contributed by atoms with van der Waals surface area (Å²) in [5.74, 6) is 1.47. The van der Waals surface area contributed by atoms with Gasteiger partial charge >= 0.3 is 0 Å². The Balaban J connectivity index is 2.34. The minimum atomic E-state index is -0.737. The molecule has 0 radical (unpaired) electrons. The average molecular weight is 325 g/mol. The molecule has 1 N–H and O–H groups in total. The molecule has 2 aromatic rings. The second-order valence-electron chi connectivity index (χ2n) is 4.82. The molecule has 0 fully saturated rings. The Labute approximate surface area is 133 Å². The number of aromatic nitrogens is 3. The predicted octanol–water partition coefficient (Wildman–Crippen LogP) is 2.38. The maximum atomic E-state index is 13.5. The minimum absolute atomic E-state index is 0.351. The van der Waals surface area contributed by atoms with E-state index >= 15 is 0 Å². The first-order valence-corrected chi connectivity index (χ1v) is 8.42. The summed E-state index contributed by atoms with van der Waals surface area (Å²) < 4.78 is 20.0. The van der Waals surface area contributed by atoms with Gasteiger partial charge in [0.2, 0.25) is 0 Å². The number of thioether (sulfide) groups is 1. The van der Waals surface area contributed by atoms with Crippen LogP contribution in [0.15, 0.2) is 24.3 Å². The molecule has 1 aromatic carbocycles. The number of hydrogen-bond acceptors (Lipinski definition) is 5. The second kappa shape index (κ2) is 8.26. The van der Waals surface area contributed by atoms with Crippen LogP contribution in [0.1, 0.15) is 24.2 Å². The molecule has 0 saturated carbocycles. The molecule has 1 aromatic heterocycles. The Kier molecular flexibility index (Phi) is 6.35. The van der Waals surface area contributed by atoms with Crippen molar-refractivity contribution in [1.82, 2.24) is 14.8 Å². The van der Waals surface area contributed by atoms with Crippen molar-refractivity contribution >= 4 is 11.8 Å². The van der Waals surface area contributed by atoms with E-state index in [2.05, 4.69) is 10.1 Å². The zero-order valence-electron chi connectivity index (χ0n) is 12.7. The zero-order valence-corrected chi connectivity index (χ0v) is 13.5. The van der Waals surface area contributed by atoms with Crippen molar-refractivity contribution < 1.29 is 14.2 Å². The van der Waals surface area contributed by atoms with E-state index in [0.29, 0.717) is 36.8 Å². The summed E-state index contributed by atoms with van der Waals surface area (Å²) in [5, 5.41) is 14.7. The summed E-state index contributed by atoms with van der Waals surface area (Å²) >= 11 is 1.65. The number of aliphatic hydroxyl groups excluding tert-OH is 1. The maximum absolute atomic E-state index is 13.5. The Hall–Kier alpha value is -1.44. The third-order valence-electron chi connectivity index (χ3n) is 3.15. The number of aliphatic hydroxyl groups is 1. The number of methoxy groups -OCH3 is 1. The molecule has 7 heteroatoms. The molecule has 5 nitrogen and oxygen atoms in total. The highest BCUT2D eigenvalue weighted by molar-refractivity contribution is 7.98. The standard InChI is InChI=1S/C15H20FN3O2S/c1-21-8-6-14-17-15(13(20)7-9-22-2)19(18-14)12-5-3-4-11(16)10-12/h3-5,10,13,20H,6-9H2,1-2H3/t13-/m1/s1. The predicted molar refractivity (Wildman–Crippen MR) is 84.9 cm³/mol. The number of ether oxygens (including phenoxy) is 1. The van der Waals surface area contributed by atoms with Crippen molar-refractivity contribution in [1.29, 1.82) is 0 Å². The van der Waals surface area contributed by atoms with Gasteiger partial charge in [0.05, 0.1) is 12.3 Å². The van der Waals surface area contributed by atoms with Crippen molar-refractivity contribution in [2.75, 3.05) is 25.7 Å². The van der Waals surface area contributed by atoms with E-state index < -0.39 is 6.10 Å². The number of nitrogens with zero attached hydrogens (tertiary/aromatic N) is 3. The summed E-state index contributed by atoms with van der Waals surface area (Å²) in [5.41, 5.74) is 0.550. The molecule has 2 rings (SSSR count). The van der Waals surface area contributed by atoms with Crippen LogP contribution in [-0.2, 0) is 11.2 Å². The lowest BCUT2D eigenvalue weighted by Gasteiger charge is -2.11. The van der Waals surface area contributed by atoms with Crippen LogP contribution in [0.4, 0.5) is 4.39 Å². The van der Waals surface area contributed by atoms with Gasteiger partial charge in [0.15, 0.2) is 11.6 Å². The molecule has 0 bridgehead atoms. The first-order valence-electron chi connectivity index (χ1n) is 7.03. The van der Waals surface area contributed by atoms with Gasteiger partial charge in [-0.3, -0.25) is 0 Å². The molecular formula is C15H20FN3O2S. The van der Waals surface area contributed by atoms with Crippen molar-refractivity contribution in [3.8, 4) is 5.69 Å². The van der Waals surface area contributed by atoms with Gasteiger partial charge in [-0.25, -0.2) is 14.1 Å². The minimum Gasteiger partial charge on any atom is -0.385 e. The van der Waals surface area contributed by atoms with E-state index in [1.807, 2.05) is 6.26 Å². The van der Waals surface area contributed by atoms with Gasteiger partial charge in [-0.15, -0.1) is 0 Å². The summed E-state index contributed by atoms with van der Waals surface area (Å²) in [6, 6.07) is 6.09. The first kappa shape index (κ1) is 16.9. The second-order valence-corrected chi connectivity index (χ2v) is 5.80. The fourth-order valence-electron chi connectivity index (χ4n) is 2.04. The highest BCUT2D eigenvalue weighted by Gasteiger charge is 2.19. The normalized spacial score (nSPS) is 12.5. The molecule has 0 aliphatic carbocycles. The Morgan fingerprint density at radius 1 is 1.45 bits per heavy atom. The Morgan fingerprint density at radius 3 is 2.95 bits per heavy atom. The van der Waals surface area contributed by atoms with Crippen LogP contribution in [0, 0.1) is 5.82 Å². The van der Waals surface area contributed by atoms with E-state index in [-0.39, 0.29) is 5.82 Å². The quantitative estimate of drug-likeness (QED) is 0.807. The fourth-order valence-corrected chi connectivity index (χ4v) is 2.50. The highest BCUT2D eigenvalue weighted by atomic mass is 32.2. The fraction of sp³-hybridized carbons (Fsp3) is 0.467. The van der Waals surface area contributed by atoms with Gasteiger partial charge in [-0.1, -0.05) is 6.07 Å². The molecule has 1 heterocycles. The van der Waals surface area contributed by atoms with E-state index in [9.17, 15) is 9.50 Å². The molecule has 0 aliphatic rings. The lowest BCUT2D eigenvalue weighted by Crippen LogP contribution is -2.09. The van der Waals surface area contributed by atoms with Gasteiger partial charge in [0.25, 0.3) is 0 Å². The van der Waals surface area contributed by atoms with Crippen LogP contribution >= 0.6 is 11.8 Å². The molecular weight excluding hydrogens is 305 g/mol. The molecule has 0 unspecified atom stereocenters.